The van der Waals surface area contributed by atoms with Crippen LogP contribution in [0.15, 0.2) is 48.5 Å². The van der Waals surface area contributed by atoms with Gasteiger partial charge in [-0.25, -0.2) is 9.18 Å². The van der Waals surface area contributed by atoms with Crippen LogP contribution in [0.4, 0.5) is 9.18 Å². The van der Waals surface area contributed by atoms with Crippen LogP contribution in [0.2, 0.25) is 0 Å². The van der Waals surface area contributed by atoms with Crippen LogP contribution in [-0.4, -0.2) is 42.6 Å². The third-order valence-electron chi connectivity index (χ3n) is 4.52. The van der Waals surface area contributed by atoms with Crippen molar-refractivity contribution in [1.82, 2.24) is 10.2 Å². The normalized spacial score (nSPS) is 14.4. The number of halogens is 1. The fourth-order valence-corrected chi connectivity index (χ4v) is 3.00. The number of ether oxygens (including phenoxy) is 2. The number of benzene rings is 2. The van der Waals surface area contributed by atoms with Crippen molar-refractivity contribution in [2.24, 2.45) is 0 Å². The molecule has 148 valence electrons. The molecule has 2 amide bonds. The second-order valence-corrected chi connectivity index (χ2v) is 6.51. The number of carbonyl (C=O) groups is 2. The van der Waals surface area contributed by atoms with Gasteiger partial charge in [-0.3, -0.25) is 4.79 Å². The topological polar surface area (TPSA) is 67.9 Å². The maximum absolute atomic E-state index is 12.9. The summed E-state index contributed by atoms with van der Waals surface area (Å²) in [6, 6.07) is 12.5. The SMILES string of the molecule is CCOC(=O)N1CCC(NC(=O)c2ccc(Oc3ccc(F)cc3)cc2)CC1. The zero-order valence-electron chi connectivity index (χ0n) is 15.7. The standard InChI is InChI=1S/C21H23FN2O4/c1-2-27-21(26)24-13-11-17(12-14-24)23-20(25)15-3-7-18(8-4-15)28-19-9-5-16(22)6-10-19/h3-10,17H,2,11-14H2,1H3,(H,23,25). The number of piperidine rings is 1. The lowest BCUT2D eigenvalue weighted by atomic mass is 10.0. The monoisotopic (exact) mass is 386 g/mol. The first kappa shape index (κ1) is 19.7. The maximum Gasteiger partial charge on any atom is 0.409 e. The molecule has 28 heavy (non-hydrogen) atoms. The third-order valence-corrected chi connectivity index (χ3v) is 4.52. The van der Waals surface area contributed by atoms with Crippen LogP contribution in [0.5, 0.6) is 11.5 Å². The van der Waals surface area contributed by atoms with E-state index in [9.17, 15) is 14.0 Å². The Morgan fingerprint density at radius 1 is 1.04 bits per heavy atom. The molecule has 1 N–H and O–H groups in total. The quantitative estimate of drug-likeness (QED) is 0.844. The summed E-state index contributed by atoms with van der Waals surface area (Å²) in [4.78, 5) is 25.8. The smallest absolute Gasteiger partial charge is 0.409 e. The molecule has 7 heteroatoms. The van der Waals surface area contributed by atoms with E-state index in [1.54, 1.807) is 48.2 Å². The van der Waals surface area contributed by atoms with Gasteiger partial charge in [0, 0.05) is 24.7 Å². The summed E-state index contributed by atoms with van der Waals surface area (Å²) in [7, 11) is 0. The van der Waals surface area contributed by atoms with Gasteiger partial charge in [0.25, 0.3) is 5.91 Å². The van der Waals surface area contributed by atoms with Crippen LogP contribution in [0, 0.1) is 5.82 Å². The van der Waals surface area contributed by atoms with Crippen LogP contribution in [0.1, 0.15) is 30.1 Å². The highest BCUT2D eigenvalue weighted by Crippen LogP contribution is 2.22. The molecule has 0 spiro atoms. The van der Waals surface area contributed by atoms with Crippen molar-refractivity contribution in [2.75, 3.05) is 19.7 Å². The summed E-state index contributed by atoms with van der Waals surface area (Å²) in [5.74, 6) is 0.591. The zero-order valence-corrected chi connectivity index (χ0v) is 15.7. The number of hydrogen-bond acceptors (Lipinski definition) is 4. The van der Waals surface area contributed by atoms with Gasteiger partial charge in [0.05, 0.1) is 6.61 Å². The second kappa shape index (κ2) is 9.21. The van der Waals surface area contributed by atoms with Crippen molar-refractivity contribution < 1.29 is 23.5 Å². The number of nitrogens with zero attached hydrogens (tertiary/aromatic N) is 1. The number of nitrogens with one attached hydrogen (secondary N) is 1. The first-order chi connectivity index (χ1) is 13.5. The Hall–Kier alpha value is -3.09. The van der Waals surface area contributed by atoms with Crippen molar-refractivity contribution in [1.29, 1.82) is 0 Å². The Balaban J connectivity index is 1.50. The van der Waals surface area contributed by atoms with E-state index >= 15 is 0 Å². The number of hydrogen-bond donors (Lipinski definition) is 1. The molecule has 0 radical (unpaired) electrons. The summed E-state index contributed by atoms with van der Waals surface area (Å²) in [5, 5.41) is 3.00. The predicted octanol–water partition coefficient (Wildman–Crippen LogP) is 3.97. The predicted molar refractivity (Wildman–Crippen MR) is 102 cm³/mol. The summed E-state index contributed by atoms with van der Waals surface area (Å²) >= 11 is 0. The van der Waals surface area contributed by atoms with Crippen LogP contribution in [0.25, 0.3) is 0 Å². The van der Waals surface area contributed by atoms with E-state index in [-0.39, 0.29) is 23.9 Å². The van der Waals surface area contributed by atoms with Crippen LogP contribution in [0.3, 0.4) is 0 Å². The summed E-state index contributed by atoms with van der Waals surface area (Å²) in [6.45, 7) is 3.26. The molecule has 0 aliphatic carbocycles. The Bertz CT molecular complexity index is 800. The second-order valence-electron chi connectivity index (χ2n) is 6.51. The summed E-state index contributed by atoms with van der Waals surface area (Å²) in [5.41, 5.74) is 0.527. The molecule has 1 saturated heterocycles. The Labute approximate surface area is 163 Å². The number of likely N-dealkylation sites (tertiary alicyclic amines) is 1. The molecule has 0 bridgehead atoms. The minimum Gasteiger partial charge on any atom is -0.457 e. The maximum atomic E-state index is 12.9. The van der Waals surface area contributed by atoms with Crippen molar-refractivity contribution in [3.8, 4) is 11.5 Å². The minimum absolute atomic E-state index is 0.0216. The van der Waals surface area contributed by atoms with Gasteiger partial charge in [-0.05, 0) is 68.3 Å². The van der Waals surface area contributed by atoms with E-state index in [4.69, 9.17) is 9.47 Å². The van der Waals surface area contributed by atoms with Gasteiger partial charge >= 0.3 is 6.09 Å². The average molecular weight is 386 g/mol. The van der Waals surface area contributed by atoms with E-state index in [2.05, 4.69) is 5.32 Å². The van der Waals surface area contributed by atoms with Gasteiger partial charge in [0.15, 0.2) is 0 Å². The van der Waals surface area contributed by atoms with Gasteiger partial charge < -0.3 is 19.7 Å². The van der Waals surface area contributed by atoms with E-state index < -0.39 is 0 Å². The third kappa shape index (κ3) is 5.22. The molecule has 3 rings (SSSR count). The molecule has 1 fully saturated rings. The first-order valence-electron chi connectivity index (χ1n) is 9.31. The number of carbonyl (C=O) groups excluding carboxylic acids is 2. The molecule has 2 aromatic rings. The molecular formula is C21H23FN2O4. The van der Waals surface area contributed by atoms with E-state index in [0.717, 1.165) is 0 Å². The minimum atomic E-state index is -0.326. The van der Waals surface area contributed by atoms with E-state index in [0.29, 0.717) is 49.6 Å². The Morgan fingerprint density at radius 3 is 2.18 bits per heavy atom. The number of amides is 2. The molecular weight excluding hydrogens is 363 g/mol. The zero-order chi connectivity index (χ0) is 19.9. The average Bonchev–Trinajstić information content (AvgIpc) is 2.71. The molecule has 1 heterocycles. The Kier molecular flexibility index (Phi) is 6.47. The van der Waals surface area contributed by atoms with Gasteiger partial charge in [-0.2, -0.15) is 0 Å². The largest absolute Gasteiger partial charge is 0.457 e. The van der Waals surface area contributed by atoms with Gasteiger partial charge in [0.2, 0.25) is 0 Å². The molecule has 0 atom stereocenters. The fourth-order valence-electron chi connectivity index (χ4n) is 3.00. The molecule has 0 aromatic heterocycles. The van der Waals surface area contributed by atoms with Crippen LogP contribution >= 0.6 is 0 Å². The van der Waals surface area contributed by atoms with Crippen molar-refractivity contribution in [3.05, 3.63) is 59.9 Å². The highest BCUT2D eigenvalue weighted by atomic mass is 19.1. The molecule has 6 nitrogen and oxygen atoms in total. The van der Waals surface area contributed by atoms with Crippen molar-refractivity contribution >= 4 is 12.0 Å². The lowest BCUT2D eigenvalue weighted by Crippen LogP contribution is -2.46. The van der Waals surface area contributed by atoms with Crippen molar-refractivity contribution in [3.63, 3.8) is 0 Å². The van der Waals surface area contributed by atoms with Crippen LogP contribution < -0.4 is 10.1 Å². The molecule has 1 aliphatic heterocycles. The molecule has 0 unspecified atom stereocenters. The fraction of sp³-hybridized carbons (Fsp3) is 0.333. The lowest BCUT2D eigenvalue weighted by Gasteiger charge is -2.31. The molecule has 2 aromatic carbocycles. The lowest BCUT2D eigenvalue weighted by molar-refractivity contribution is 0.0860. The molecule has 0 saturated carbocycles. The van der Waals surface area contributed by atoms with Gasteiger partial charge in [-0.1, -0.05) is 0 Å². The first-order valence-corrected chi connectivity index (χ1v) is 9.31. The summed E-state index contributed by atoms with van der Waals surface area (Å²) < 4.78 is 23.5. The van der Waals surface area contributed by atoms with Crippen molar-refractivity contribution in [2.45, 2.75) is 25.8 Å². The Morgan fingerprint density at radius 2 is 1.61 bits per heavy atom. The van der Waals surface area contributed by atoms with Gasteiger partial charge in [-0.15, -0.1) is 0 Å². The van der Waals surface area contributed by atoms with Gasteiger partial charge in [0.1, 0.15) is 17.3 Å². The van der Waals surface area contributed by atoms with E-state index in [1.807, 2.05) is 0 Å². The summed E-state index contributed by atoms with van der Waals surface area (Å²) in [6.07, 6.45) is 1.08. The van der Waals surface area contributed by atoms with E-state index in [1.165, 1.54) is 12.1 Å². The number of rotatable bonds is 5. The highest BCUT2D eigenvalue weighted by Gasteiger charge is 2.24. The highest BCUT2D eigenvalue weighted by molar-refractivity contribution is 5.94. The molecule has 1 aliphatic rings. The van der Waals surface area contributed by atoms with Crippen LogP contribution in [-0.2, 0) is 4.74 Å².